The summed E-state index contributed by atoms with van der Waals surface area (Å²) in [5.74, 6) is -0.421. The maximum Gasteiger partial charge on any atom is 0.522 e. The van der Waals surface area contributed by atoms with Crippen LogP contribution in [0.15, 0.2) is 35.3 Å². The van der Waals surface area contributed by atoms with Crippen LogP contribution in [0.5, 0.6) is 0 Å². The molecular formula is C20H21ClF3N3O4. The van der Waals surface area contributed by atoms with Crippen LogP contribution in [0.4, 0.5) is 13.2 Å². The van der Waals surface area contributed by atoms with Gasteiger partial charge in [0.25, 0.3) is 0 Å². The zero-order chi connectivity index (χ0) is 22.6. The van der Waals surface area contributed by atoms with Crippen molar-refractivity contribution in [3.05, 3.63) is 53.2 Å². The summed E-state index contributed by atoms with van der Waals surface area (Å²) in [6.07, 6.45) is -6.03. The van der Waals surface area contributed by atoms with E-state index < -0.39 is 24.5 Å². The number of aromatic nitrogens is 2. The quantitative estimate of drug-likeness (QED) is 0.594. The van der Waals surface area contributed by atoms with Crippen molar-refractivity contribution in [2.75, 3.05) is 6.54 Å². The molecule has 1 saturated carbocycles. The van der Waals surface area contributed by atoms with Gasteiger partial charge in [-0.2, -0.15) is 0 Å². The Hall–Kier alpha value is -2.43. The van der Waals surface area contributed by atoms with Crippen molar-refractivity contribution in [2.24, 2.45) is 0 Å². The Labute approximate surface area is 181 Å². The number of nitrogens with one attached hydrogen (secondary N) is 1. The van der Waals surface area contributed by atoms with Crippen molar-refractivity contribution in [3.8, 4) is 0 Å². The Morgan fingerprint density at radius 1 is 1.32 bits per heavy atom. The normalized spacial score (nSPS) is 19.5. The zero-order valence-electron chi connectivity index (χ0n) is 16.4. The van der Waals surface area contributed by atoms with Crippen LogP contribution in [-0.4, -0.2) is 46.3 Å². The SMILES string of the molecule is C=C(CCNC(=O)[C@H](O)Cc1ccc(Cl)cc1)c1nnc([C@H]2C[C@@H](OC(F)(F)F)C2)o1. The molecule has 0 bridgehead atoms. The summed E-state index contributed by atoms with van der Waals surface area (Å²) in [6.45, 7) is 4.02. The van der Waals surface area contributed by atoms with Crippen molar-refractivity contribution in [3.63, 3.8) is 0 Å². The average Bonchev–Trinajstić information content (AvgIpc) is 3.15. The van der Waals surface area contributed by atoms with Gasteiger partial charge in [-0.25, -0.2) is 0 Å². The van der Waals surface area contributed by atoms with Crippen molar-refractivity contribution in [2.45, 2.75) is 50.2 Å². The summed E-state index contributed by atoms with van der Waals surface area (Å²) in [5, 5.41) is 20.9. The molecule has 1 fully saturated rings. The van der Waals surface area contributed by atoms with Gasteiger partial charge in [0.05, 0.1) is 6.10 Å². The molecule has 0 saturated heterocycles. The average molecular weight is 460 g/mol. The lowest BCUT2D eigenvalue weighted by Crippen LogP contribution is -2.36. The Morgan fingerprint density at radius 3 is 2.65 bits per heavy atom. The van der Waals surface area contributed by atoms with E-state index in [0.29, 0.717) is 17.0 Å². The number of hydrogen-bond acceptors (Lipinski definition) is 6. The van der Waals surface area contributed by atoms with Crippen LogP contribution in [0.2, 0.25) is 5.02 Å². The van der Waals surface area contributed by atoms with Crippen molar-refractivity contribution < 1.29 is 32.2 Å². The summed E-state index contributed by atoms with van der Waals surface area (Å²) < 4.78 is 46.0. The molecule has 1 aromatic carbocycles. The molecule has 1 aliphatic carbocycles. The van der Waals surface area contributed by atoms with E-state index in [1.165, 1.54) is 0 Å². The Morgan fingerprint density at radius 2 is 2.00 bits per heavy atom. The number of alkyl halides is 3. The number of ether oxygens (including phenoxy) is 1. The van der Waals surface area contributed by atoms with Gasteiger partial charge < -0.3 is 14.8 Å². The second-order valence-electron chi connectivity index (χ2n) is 7.29. The molecule has 0 spiro atoms. The highest BCUT2D eigenvalue weighted by atomic mass is 35.5. The number of amides is 1. The standard InChI is InChI=1S/C20H21ClF3N3O4/c1-11(6-7-25-17(29)16(28)8-12-2-4-14(21)5-3-12)18-26-27-19(30-18)13-9-15(10-13)31-20(22,23)24/h2-5,13,15-16,28H,1,6-10H2,(H,25,29)/t13-,15+,16-/m1/s1. The number of halogens is 4. The van der Waals surface area contributed by atoms with Gasteiger partial charge in [-0.3, -0.25) is 9.53 Å². The Balaban J connectivity index is 1.39. The third-order valence-corrected chi connectivity index (χ3v) is 5.11. The summed E-state index contributed by atoms with van der Waals surface area (Å²) in [7, 11) is 0. The van der Waals surface area contributed by atoms with Crippen LogP contribution >= 0.6 is 11.6 Å². The molecule has 2 N–H and O–H groups in total. The molecule has 1 aliphatic rings. The predicted octanol–water partition coefficient (Wildman–Crippen LogP) is 3.63. The largest absolute Gasteiger partial charge is 0.522 e. The molecule has 31 heavy (non-hydrogen) atoms. The summed E-state index contributed by atoms with van der Waals surface area (Å²) >= 11 is 5.81. The van der Waals surface area contributed by atoms with E-state index in [-0.39, 0.29) is 43.5 Å². The van der Waals surface area contributed by atoms with E-state index in [2.05, 4.69) is 26.8 Å². The first-order valence-corrected chi connectivity index (χ1v) is 9.95. The lowest BCUT2D eigenvalue weighted by molar-refractivity contribution is -0.352. The molecule has 2 aromatic rings. The van der Waals surface area contributed by atoms with Gasteiger partial charge in [0, 0.05) is 29.5 Å². The number of rotatable bonds is 9. The molecular weight excluding hydrogens is 439 g/mol. The van der Waals surface area contributed by atoms with Gasteiger partial charge in [-0.05, 0) is 37.0 Å². The van der Waals surface area contributed by atoms with Gasteiger partial charge in [0.15, 0.2) is 0 Å². The molecule has 11 heteroatoms. The molecule has 7 nitrogen and oxygen atoms in total. The Bertz CT molecular complexity index is 911. The number of benzene rings is 1. The van der Waals surface area contributed by atoms with Gasteiger partial charge in [0.1, 0.15) is 6.10 Å². The van der Waals surface area contributed by atoms with Crippen LogP contribution in [0.3, 0.4) is 0 Å². The maximum atomic E-state index is 12.2. The lowest BCUT2D eigenvalue weighted by Gasteiger charge is -2.32. The smallest absolute Gasteiger partial charge is 0.421 e. The van der Waals surface area contributed by atoms with E-state index in [1.54, 1.807) is 24.3 Å². The highest BCUT2D eigenvalue weighted by Gasteiger charge is 2.42. The first-order valence-electron chi connectivity index (χ1n) is 9.57. The van der Waals surface area contributed by atoms with E-state index in [9.17, 15) is 23.1 Å². The minimum Gasteiger partial charge on any atom is -0.421 e. The minimum atomic E-state index is -4.66. The number of aliphatic hydroxyl groups excluding tert-OH is 1. The fourth-order valence-electron chi connectivity index (χ4n) is 3.09. The second kappa shape index (κ2) is 9.80. The molecule has 0 unspecified atom stereocenters. The number of carbonyl (C=O) groups is 1. The lowest BCUT2D eigenvalue weighted by atomic mass is 9.82. The molecule has 1 aromatic heterocycles. The van der Waals surface area contributed by atoms with Crippen LogP contribution < -0.4 is 5.32 Å². The first-order chi connectivity index (χ1) is 14.6. The fourth-order valence-corrected chi connectivity index (χ4v) is 3.22. The van der Waals surface area contributed by atoms with Crippen LogP contribution in [0.1, 0.15) is 42.5 Å². The predicted molar refractivity (Wildman–Crippen MR) is 105 cm³/mol. The first kappa shape index (κ1) is 23.2. The van der Waals surface area contributed by atoms with Crippen LogP contribution in [0, 0.1) is 0 Å². The van der Waals surface area contributed by atoms with Crippen LogP contribution in [0.25, 0.3) is 5.57 Å². The van der Waals surface area contributed by atoms with E-state index in [4.69, 9.17) is 16.0 Å². The van der Waals surface area contributed by atoms with E-state index >= 15 is 0 Å². The number of carbonyl (C=O) groups excluding carboxylic acids is 1. The Kier molecular flexibility index (Phi) is 7.34. The highest BCUT2D eigenvalue weighted by molar-refractivity contribution is 6.30. The third kappa shape index (κ3) is 6.78. The number of aliphatic hydroxyl groups is 1. The molecule has 1 heterocycles. The maximum absolute atomic E-state index is 12.2. The fraction of sp³-hybridized carbons (Fsp3) is 0.450. The molecule has 0 aliphatic heterocycles. The molecule has 168 valence electrons. The highest BCUT2D eigenvalue weighted by Crippen LogP contribution is 2.41. The van der Waals surface area contributed by atoms with Crippen molar-refractivity contribution in [1.82, 2.24) is 15.5 Å². The topological polar surface area (TPSA) is 97.5 Å². The van der Waals surface area contributed by atoms with Gasteiger partial charge in [-0.15, -0.1) is 23.4 Å². The van der Waals surface area contributed by atoms with Gasteiger partial charge in [-0.1, -0.05) is 30.3 Å². The molecule has 3 rings (SSSR count). The summed E-state index contributed by atoms with van der Waals surface area (Å²) in [6, 6.07) is 6.81. The summed E-state index contributed by atoms with van der Waals surface area (Å²) in [5.41, 5.74) is 1.24. The number of hydrogen-bond donors (Lipinski definition) is 2. The molecule has 1 atom stereocenters. The summed E-state index contributed by atoms with van der Waals surface area (Å²) in [4.78, 5) is 12.0. The van der Waals surface area contributed by atoms with E-state index in [1.807, 2.05) is 0 Å². The van der Waals surface area contributed by atoms with E-state index in [0.717, 1.165) is 5.56 Å². The minimum absolute atomic E-state index is 0.148. The zero-order valence-corrected chi connectivity index (χ0v) is 17.1. The molecule has 1 amide bonds. The third-order valence-electron chi connectivity index (χ3n) is 4.86. The van der Waals surface area contributed by atoms with Crippen molar-refractivity contribution >= 4 is 23.1 Å². The number of nitrogens with zero attached hydrogens (tertiary/aromatic N) is 2. The van der Waals surface area contributed by atoms with Gasteiger partial charge >= 0.3 is 6.36 Å². The van der Waals surface area contributed by atoms with Gasteiger partial charge in [0.2, 0.25) is 17.7 Å². The molecule has 0 radical (unpaired) electrons. The van der Waals surface area contributed by atoms with Crippen molar-refractivity contribution in [1.29, 1.82) is 0 Å². The second-order valence-corrected chi connectivity index (χ2v) is 7.73. The monoisotopic (exact) mass is 459 g/mol. The van der Waals surface area contributed by atoms with Crippen LogP contribution in [-0.2, 0) is 16.0 Å².